The molecular formula is C18H15Cl2NO3. The van der Waals surface area contributed by atoms with Gasteiger partial charge in [0.1, 0.15) is 0 Å². The number of hydrogen-bond donors (Lipinski definition) is 0. The standard InChI is InChI=1S/C18H15Cl2NO3/c1-11(9-10-24-16-14(19)7-4-8-15(16)20)21-17(22)12-5-2-3-6-13(12)18(21)23/h2-8,11H,9-10H2,1H3. The van der Waals surface area contributed by atoms with Crippen LogP contribution in [0.1, 0.15) is 34.1 Å². The smallest absolute Gasteiger partial charge is 0.261 e. The van der Waals surface area contributed by atoms with Crippen LogP contribution in [0.25, 0.3) is 0 Å². The number of rotatable bonds is 5. The summed E-state index contributed by atoms with van der Waals surface area (Å²) < 4.78 is 5.63. The van der Waals surface area contributed by atoms with E-state index in [9.17, 15) is 9.59 Å². The molecule has 1 atom stereocenters. The molecule has 2 aromatic rings. The highest BCUT2D eigenvalue weighted by molar-refractivity contribution is 6.37. The number of carbonyl (C=O) groups is 2. The van der Waals surface area contributed by atoms with E-state index in [0.29, 0.717) is 33.3 Å². The number of hydrogen-bond acceptors (Lipinski definition) is 3. The normalized spacial score (nSPS) is 14.7. The lowest BCUT2D eigenvalue weighted by Crippen LogP contribution is -2.38. The van der Waals surface area contributed by atoms with Gasteiger partial charge in [-0.3, -0.25) is 14.5 Å². The van der Waals surface area contributed by atoms with Gasteiger partial charge in [0, 0.05) is 12.5 Å². The molecule has 2 amide bonds. The molecule has 0 bridgehead atoms. The molecule has 1 aliphatic heterocycles. The van der Waals surface area contributed by atoms with Gasteiger partial charge >= 0.3 is 0 Å². The average Bonchev–Trinajstić information content (AvgIpc) is 2.82. The molecule has 0 aliphatic carbocycles. The Kier molecular flexibility index (Phi) is 4.78. The molecule has 0 radical (unpaired) electrons. The second-order valence-corrected chi connectivity index (χ2v) is 6.38. The maximum absolute atomic E-state index is 12.4. The molecule has 4 nitrogen and oxygen atoms in total. The van der Waals surface area contributed by atoms with Gasteiger partial charge in [0.2, 0.25) is 0 Å². The predicted molar refractivity (Wildman–Crippen MR) is 93.0 cm³/mol. The number of nitrogens with zero attached hydrogens (tertiary/aromatic N) is 1. The van der Waals surface area contributed by atoms with Crippen LogP contribution in [-0.2, 0) is 0 Å². The van der Waals surface area contributed by atoms with Crippen molar-refractivity contribution in [3.8, 4) is 5.75 Å². The molecule has 0 fully saturated rings. The lowest BCUT2D eigenvalue weighted by Gasteiger charge is -2.22. The summed E-state index contributed by atoms with van der Waals surface area (Å²) in [7, 11) is 0. The van der Waals surface area contributed by atoms with Crippen molar-refractivity contribution in [2.24, 2.45) is 0 Å². The monoisotopic (exact) mass is 363 g/mol. The van der Waals surface area contributed by atoms with Gasteiger partial charge in [-0.25, -0.2) is 0 Å². The first-order chi connectivity index (χ1) is 11.5. The maximum atomic E-state index is 12.4. The average molecular weight is 364 g/mol. The highest BCUT2D eigenvalue weighted by atomic mass is 35.5. The summed E-state index contributed by atoms with van der Waals surface area (Å²) in [6, 6.07) is 11.7. The molecule has 0 spiro atoms. The van der Waals surface area contributed by atoms with Crippen molar-refractivity contribution in [2.75, 3.05) is 6.61 Å². The third-order valence-corrected chi connectivity index (χ3v) is 4.56. The first-order valence-corrected chi connectivity index (χ1v) is 8.30. The van der Waals surface area contributed by atoms with Crippen LogP contribution < -0.4 is 4.74 Å². The predicted octanol–water partition coefficient (Wildman–Crippen LogP) is 4.45. The number of benzene rings is 2. The molecular weight excluding hydrogens is 349 g/mol. The van der Waals surface area contributed by atoms with Crippen LogP contribution in [0, 0.1) is 0 Å². The van der Waals surface area contributed by atoms with E-state index in [2.05, 4.69) is 0 Å². The third-order valence-electron chi connectivity index (χ3n) is 3.97. The van der Waals surface area contributed by atoms with Crippen molar-refractivity contribution in [1.82, 2.24) is 4.90 Å². The van der Waals surface area contributed by atoms with Crippen molar-refractivity contribution < 1.29 is 14.3 Å². The fraction of sp³-hybridized carbons (Fsp3) is 0.222. The SMILES string of the molecule is CC(CCOc1c(Cl)cccc1Cl)N1C(=O)c2ccccc2C1=O. The van der Waals surface area contributed by atoms with Gasteiger partial charge in [0.15, 0.2) is 5.75 Å². The van der Waals surface area contributed by atoms with Crippen LogP contribution >= 0.6 is 23.2 Å². The molecule has 1 unspecified atom stereocenters. The second-order valence-electron chi connectivity index (χ2n) is 5.56. The van der Waals surface area contributed by atoms with E-state index >= 15 is 0 Å². The Hall–Kier alpha value is -2.04. The van der Waals surface area contributed by atoms with Crippen molar-refractivity contribution in [2.45, 2.75) is 19.4 Å². The number of imide groups is 1. The van der Waals surface area contributed by atoms with Crippen molar-refractivity contribution in [1.29, 1.82) is 0 Å². The van der Waals surface area contributed by atoms with Crippen molar-refractivity contribution >= 4 is 35.0 Å². The minimum Gasteiger partial charge on any atom is -0.490 e. The first-order valence-electron chi connectivity index (χ1n) is 7.54. The summed E-state index contributed by atoms with van der Waals surface area (Å²) in [4.78, 5) is 26.1. The zero-order valence-electron chi connectivity index (χ0n) is 13.0. The fourth-order valence-electron chi connectivity index (χ4n) is 2.69. The molecule has 1 heterocycles. The highest BCUT2D eigenvalue weighted by Gasteiger charge is 2.37. The lowest BCUT2D eigenvalue weighted by atomic mass is 10.1. The maximum Gasteiger partial charge on any atom is 0.261 e. The Bertz CT molecular complexity index is 751. The van der Waals surface area contributed by atoms with Gasteiger partial charge in [-0.2, -0.15) is 0 Å². The lowest BCUT2D eigenvalue weighted by molar-refractivity contribution is 0.0579. The number of halogens is 2. The van der Waals surface area contributed by atoms with E-state index in [4.69, 9.17) is 27.9 Å². The zero-order chi connectivity index (χ0) is 17.3. The van der Waals surface area contributed by atoms with Gasteiger partial charge in [-0.1, -0.05) is 41.4 Å². The topological polar surface area (TPSA) is 46.6 Å². The number of fused-ring (bicyclic) bond motifs is 1. The Balaban J connectivity index is 1.65. The van der Waals surface area contributed by atoms with Crippen LogP contribution in [0.15, 0.2) is 42.5 Å². The van der Waals surface area contributed by atoms with Gasteiger partial charge < -0.3 is 4.74 Å². The minimum absolute atomic E-state index is 0.265. The summed E-state index contributed by atoms with van der Waals surface area (Å²) in [5.74, 6) is -0.117. The molecule has 6 heteroatoms. The summed E-state index contributed by atoms with van der Waals surface area (Å²) in [5.41, 5.74) is 0.897. The van der Waals surface area contributed by atoms with Gasteiger partial charge in [-0.05, 0) is 31.2 Å². The molecule has 24 heavy (non-hydrogen) atoms. The zero-order valence-corrected chi connectivity index (χ0v) is 14.5. The molecule has 124 valence electrons. The number of amides is 2. The fourth-order valence-corrected chi connectivity index (χ4v) is 3.20. The number of carbonyl (C=O) groups excluding carboxylic acids is 2. The van der Waals surface area contributed by atoms with Crippen LogP contribution in [0.3, 0.4) is 0 Å². The number of ether oxygens (including phenoxy) is 1. The Morgan fingerprint density at radius 1 is 0.958 bits per heavy atom. The molecule has 3 rings (SSSR count). The van der Waals surface area contributed by atoms with E-state index in [1.54, 1.807) is 42.5 Å². The Morgan fingerprint density at radius 2 is 1.50 bits per heavy atom. The molecule has 0 N–H and O–H groups in total. The second kappa shape index (κ2) is 6.83. The molecule has 2 aromatic carbocycles. The van der Waals surface area contributed by atoms with Gasteiger partial charge in [0.05, 0.1) is 27.8 Å². The molecule has 0 saturated carbocycles. The minimum atomic E-state index is -0.293. The van der Waals surface area contributed by atoms with E-state index in [1.807, 2.05) is 6.92 Å². The van der Waals surface area contributed by atoms with E-state index in [-0.39, 0.29) is 24.5 Å². The van der Waals surface area contributed by atoms with E-state index < -0.39 is 0 Å². The Labute approximate surface area is 149 Å². The van der Waals surface area contributed by atoms with E-state index in [1.165, 1.54) is 4.90 Å². The molecule has 1 aliphatic rings. The summed E-state index contributed by atoms with van der Waals surface area (Å²) in [6.07, 6.45) is 0.479. The molecule has 0 aromatic heterocycles. The number of para-hydroxylation sites is 1. The Morgan fingerprint density at radius 3 is 2.04 bits per heavy atom. The van der Waals surface area contributed by atoms with Crippen molar-refractivity contribution in [3.63, 3.8) is 0 Å². The third kappa shape index (κ3) is 2.99. The quantitative estimate of drug-likeness (QED) is 0.737. The van der Waals surface area contributed by atoms with Crippen LogP contribution in [0.4, 0.5) is 0 Å². The molecule has 0 saturated heterocycles. The highest BCUT2D eigenvalue weighted by Crippen LogP contribution is 2.32. The van der Waals surface area contributed by atoms with E-state index in [0.717, 1.165) is 0 Å². The van der Waals surface area contributed by atoms with Crippen LogP contribution in [-0.4, -0.2) is 29.4 Å². The van der Waals surface area contributed by atoms with Crippen LogP contribution in [0.5, 0.6) is 5.75 Å². The van der Waals surface area contributed by atoms with Crippen LogP contribution in [0.2, 0.25) is 10.0 Å². The van der Waals surface area contributed by atoms with Crippen molar-refractivity contribution in [3.05, 3.63) is 63.6 Å². The summed E-state index contributed by atoms with van der Waals surface area (Å²) in [6.45, 7) is 2.11. The largest absolute Gasteiger partial charge is 0.490 e. The summed E-state index contributed by atoms with van der Waals surface area (Å²) in [5, 5.41) is 0.853. The van der Waals surface area contributed by atoms with Gasteiger partial charge in [-0.15, -0.1) is 0 Å². The van der Waals surface area contributed by atoms with Gasteiger partial charge in [0.25, 0.3) is 11.8 Å². The summed E-state index contributed by atoms with van der Waals surface area (Å²) >= 11 is 12.1. The first kappa shape index (κ1) is 16.8.